The summed E-state index contributed by atoms with van der Waals surface area (Å²) in [6, 6.07) is 0.756. The maximum Gasteiger partial charge on any atom is 0.231 e. The standard InChI is InChI=1S/C10H21N3O/c1-2-13(7-10(12)14)9-5-3-4-8(11)6-9/h8-9H,2-7,11H2,1H3,(H2,12,14). The van der Waals surface area contributed by atoms with E-state index in [0.717, 1.165) is 25.8 Å². The molecule has 2 atom stereocenters. The topological polar surface area (TPSA) is 72.3 Å². The van der Waals surface area contributed by atoms with E-state index in [-0.39, 0.29) is 5.91 Å². The monoisotopic (exact) mass is 199 g/mol. The van der Waals surface area contributed by atoms with Crippen molar-refractivity contribution >= 4 is 5.91 Å². The van der Waals surface area contributed by atoms with Gasteiger partial charge in [-0.25, -0.2) is 0 Å². The highest BCUT2D eigenvalue weighted by Gasteiger charge is 2.24. The average Bonchev–Trinajstić information content (AvgIpc) is 2.14. The molecular weight excluding hydrogens is 178 g/mol. The van der Waals surface area contributed by atoms with Gasteiger partial charge in [-0.3, -0.25) is 9.69 Å². The van der Waals surface area contributed by atoms with Gasteiger partial charge in [0, 0.05) is 12.1 Å². The highest BCUT2D eigenvalue weighted by molar-refractivity contribution is 5.75. The van der Waals surface area contributed by atoms with Crippen molar-refractivity contribution in [3.63, 3.8) is 0 Å². The van der Waals surface area contributed by atoms with E-state index in [4.69, 9.17) is 11.5 Å². The Morgan fingerprint density at radius 3 is 2.71 bits per heavy atom. The van der Waals surface area contributed by atoms with Crippen molar-refractivity contribution < 1.29 is 4.79 Å². The normalized spacial score (nSPS) is 27.9. The van der Waals surface area contributed by atoms with Gasteiger partial charge >= 0.3 is 0 Å². The molecule has 1 rings (SSSR count). The van der Waals surface area contributed by atoms with E-state index >= 15 is 0 Å². The number of primary amides is 1. The van der Waals surface area contributed by atoms with Gasteiger partial charge in [0.05, 0.1) is 6.54 Å². The van der Waals surface area contributed by atoms with Crippen molar-refractivity contribution in [2.75, 3.05) is 13.1 Å². The molecule has 4 nitrogen and oxygen atoms in total. The molecule has 1 amide bonds. The molecule has 0 saturated heterocycles. The number of nitrogens with zero attached hydrogens (tertiary/aromatic N) is 1. The first kappa shape index (κ1) is 11.5. The first-order valence-corrected chi connectivity index (χ1v) is 5.41. The van der Waals surface area contributed by atoms with Crippen molar-refractivity contribution in [1.29, 1.82) is 0 Å². The van der Waals surface area contributed by atoms with Crippen molar-refractivity contribution in [2.45, 2.75) is 44.7 Å². The third kappa shape index (κ3) is 3.27. The second kappa shape index (κ2) is 5.32. The average molecular weight is 199 g/mol. The van der Waals surface area contributed by atoms with Crippen molar-refractivity contribution in [2.24, 2.45) is 11.5 Å². The number of amides is 1. The van der Waals surface area contributed by atoms with Gasteiger partial charge in [0.1, 0.15) is 0 Å². The first-order valence-electron chi connectivity index (χ1n) is 5.41. The Morgan fingerprint density at radius 1 is 1.50 bits per heavy atom. The molecule has 4 N–H and O–H groups in total. The van der Waals surface area contributed by atoms with Crippen LogP contribution in [-0.4, -0.2) is 36.0 Å². The summed E-state index contributed by atoms with van der Waals surface area (Å²) in [6.07, 6.45) is 4.43. The minimum atomic E-state index is -0.244. The Balaban J connectivity index is 2.46. The minimum absolute atomic E-state index is 0.244. The Bertz CT molecular complexity index is 196. The third-order valence-corrected chi connectivity index (χ3v) is 2.97. The van der Waals surface area contributed by atoms with Crippen molar-refractivity contribution in [1.82, 2.24) is 4.90 Å². The van der Waals surface area contributed by atoms with Crippen LogP contribution in [0.25, 0.3) is 0 Å². The van der Waals surface area contributed by atoms with Crippen molar-refractivity contribution in [3.05, 3.63) is 0 Å². The molecule has 2 unspecified atom stereocenters. The second-order valence-electron chi connectivity index (χ2n) is 4.11. The van der Waals surface area contributed by atoms with E-state index in [1.807, 2.05) is 0 Å². The van der Waals surface area contributed by atoms with Crippen LogP contribution in [-0.2, 0) is 4.79 Å². The molecule has 0 aromatic carbocycles. The SMILES string of the molecule is CCN(CC(N)=O)C1CCCC(N)C1. The van der Waals surface area contributed by atoms with Gasteiger partial charge < -0.3 is 11.5 Å². The predicted octanol–water partition coefficient (Wildman–Crippen LogP) is 0.0635. The molecule has 1 fully saturated rings. The molecule has 0 aliphatic heterocycles. The highest BCUT2D eigenvalue weighted by atomic mass is 16.1. The van der Waals surface area contributed by atoms with E-state index < -0.39 is 0 Å². The van der Waals surface area contributed by atoms with Gasteiger partial charge in [0.15, 0.2) is 0 Å². The first-order chi connectivity index (χ1) is 6.63. The molecule has 0 aromatic rings. The number of carbonyl (C=O) groups excluding carboxylic acids is 1. The quantitative estimate of drug-likeness (QED) is 0.672. The molecule has 1 aliphatic carbocycles. The summed E-state index contributed by atoms with van der Waals surface area (Å²) < 4.78 is 0. The summed E-state index contributed by atoms with van der Waals surface area (Å²) in [5.74, 6) is -0.244. The zero-order chi connectivity index (χ0) is 10.6. The maximum atomic E-state index is 10.8. The number of carbonyl (C=O) groups is 1. The summed E-state index contributed by atoms with van der Waals surface area (Å²) in [6.45, 7) is 3.30. The van der Waals surface area contributed by atoms with E-state index in [0.29, 0.717) is 18.6 Å². The lowest BCUT2D eigenvalue weighted by molar-refractivity contribution is -0.119. The summed E-state index contributed by atoms with van der Waals surface area (Å²) in [5, 5.41) is 0. The van der Waals surface area contributed by atoms with Crippen LogP contribution in [0.2, 0.25) is 0 Å². The second-order valence-corrected chi connectivity index (χ2v) is 4.11. The fraction of sp³-hybridized carbons (Fsp3) is 0.900. The molecule has 14 heavy (non-hydrogen) atoms. The Hall–Kier alpha value is -0.610. The number of hydrogen-bond acceptors (Lipinski definition) is 3. The van der Waals surface area contributed by atoms with Gasteiger partial charge in [0.25, 0.3) is 0 Å². The molecule has 4 heteroatoms. The van der Waals surface area contributed by atoms with Gasteiger partial charge in [-0.15, -0.1) is 0 Å². The van der Waals surface area contributed by atoms with E-state index in [1.54, 1.807) is 0 Å². The Labute approximate surface area is 85.6 Å². The molecule has 82 valence electrons. The number of nitrogens with two attached hydrogens (primary N) is 2. The number of rotatable bonds is 4. The highest BCUT2D eigenvalue weighted by Crippen LogP contribution is 2.21. The minimum Gasteiger partial charge on any atom is -0.369 e. The van der Waals surface area contributed by atoms with Gasteiger partial charge in [-0.1, -0.05) is 13.3 Å². The van der Waals surface area contributed by atoms with Crippen LogP contribution in [0, 0.1) is 0 Å². The number of likely N-dealkylation sites (N-methyl/N-ethyl adjacent to an activating group) is 1. The number of hydrogen-bond donors (Lipinski definition) is 2. The third-order valence-electron chi connectivity index (χ3n) is 2.97. The van der Waals surface area contributed by atoms with Gasteiger partial charge in [-0.2, -0.15) is 0 Å². The predicted molar refractivity (Wildman–Crippen MR) is 56.7 cm³/mol. The molecule has 0 bridgehead atoms. The van der Waals surface area contributed by atoms with Crippen LogP contribution >= 0.6 is 0 Å². The summed E-state index contributed by atoms with van der Waals surface area (Å²) in [4.78, 5) is 13.0. The lowest BCUT2D eigenvalue weighted by Gasteiger charge is -2.35. The largest absolute Gasteiger partial charge is 0.369 e. The molecule has 0 heterocycles. The maximum absolute atomic E-state index is 10.8. The molecule has 1 aliphatic rings. The molecule has 0 radical (unpaired) electrons. The fourth-order valence-electron chi connectivity index (χ4n) is 2.23. The van der Waals surface area contributed by atoms with Crippen molar-refractivity contribution in [3.8, 4) is 0 Å². The smallest absolute Gasteiger partial charge is 0.231 e. The lowest BCUT2D eigenvalue weighted by atomic mass is 9.90. The zero-order valence-corrected chi connectivity index (χ0v) is 8.91. The summed E-state index contributed by atoms with van der Waals surface area (Å²) >= 11 is 0. The van der Waals surface area contributed by atoms with E-state index in [2.05, 4.69) is 11.8 Å². The van der Waals surface area contributed by atoms with Crippen LogP contribution in [0.1, 0.15) is 32.6 Å². The lowest BCUT2D eigenvalue weighted by Crippen LogP contribution is -2.45. The Morgan fingerprint density at radius 2 is 2.21 bits per heavy atom. The molecule has 1 saturated carbocycles. The fourth-order valence-corrected chi connectivity index (χ4v) is 2.23. The van der Waals surface area contributed by atoms with Crippen LogP contribution < -0.4 is 11.5 Å². The Kier molecular flexibility index (Phi) is 4.35. The van der Waals surface area contributed by atoms with Crippen LogP contribution in [0.3, 0.4) is 0 Å². The summed E-state index contributed by atoms with van der Waals surface area (Å²) in [7, 11) is 0. The zero-order valence-electron chi connectivity index (χ0n) is 8.91. The molecule has 0 aromatic heterocycles. The van der Waals surface area contributed by atoms with Crippen LogP contribution in [0.5, 0.6) is 0 Å². The van der Waals surface area contributed by atoms with E-state index in [9.17, 15) is 4.79 Å². The molecule has 0 spiro atoms. The molecular formula is C10H21N3O. The van der Waals surface area contributed by atoms with E-state index in [1.165, 1.54) is 6.42 Å². The summed E-state index contributed by atoms with van der Waals surface area (Å²) in [5.41, 5.74) is 11.1. The van der Waals surface area contributed by atoms with Crippen LogP contribution in [0.4, 0.5) is 0 Å². The van der Waals surface area contributed by atoms with Gasteiger partial charge in [0.2, 0.25) is 5.91 Å². The van der Waals surface area contributed by atoms with Gasteiger partial charge in [-0.05, 0) is 25.8 Å². The van der Waals surface area contributed by atoms with Crippen LogP contribution in [0.15, 0.2) is 0 Å².